The molecule has 0 amide bonds. The Kier molecular flexibility index (Phi) is 9.59. The Labute approximate surface area is 218 Å². The average molecular weight is 509 g/mol. The van der Waals surface area contributed by atoms with Crippen LogP contribution in [0.1, 0.15) is 62.5 Å². The molecule has 1 fully saturated rings. The van der Waals surface area contributed by atoms with Crippen LogP contribution in [0.3, 0.4) is 0 Å². The standard InChI is InChI=1S/C32H35F3O2/c1-3-5-6-7-8-9-10-24-15-18-28(32(35)31(24)34)23-13-11-22(12-14-23)27-17-16-25(19-29(27)33)26-20-36-30(4-2)37-21-26/h4,11-19,26,30H,2-3,5-10,20-21H2,1H3. The van der Waals surface area contributed by atoms with Gasteiger partial charge in [0, 0.05) is 17.0 Å². The molecule has 4 rings (SSSR count). The molecule has 5 heteroatoms. The molecule has 0 bridgehead atoms. The normalized spacial score (nSPS) is 17.6. The Balaban J connectivity index is 1.42. The second-order valence-electron chi connectivity index (χ2n) is 9.70. The number of hydrogen-bond acceptors (Lipinski definition) is 2. The summed E-state index contributed by atoms with van der Waals surface area (Å²) in [5.41, 5.74) is 3.09. The van der Waals surface area contributed by atoms with Crippen LogP contribution < -0.4 is 0 Å². The highest BCUT2D eigenvalue weighted by Gasteiger charge is 2.22. The summed E-state index contributed by atoms with van der Waals surface area (Å²) in [5, 5.41) is 0. The molecule has 3 aromatic rings. The lowest BCUT2D eigenvalue weighted by Gasteiger charge is -2.28. The van der Waals surface area contributed by atoms with Gasteiger partial charge in [-0.15, -0.1) is 0 Å². The fraction of sp³-hybridized carbons (Fsp3) is 0.375. The summed E-state index contributed by atoms with van der Waals surface area (Å²) in [7, 11) is 0. The summed E-state index contributed by atoms with van der Waals surface area (Å²) >= 11 is 0. The first-order valence-corrected chi connectivity index (χ1v) is 13.2. The van der Waals surface area contributed by atoms with Gasteiger partial charge in [-0.1, -0.05) is 94.1 Å². The summed E-state index contributed by atoms with van der Waals surface area (Å²) in [6.45, 7) is 6.69. The van der Waals surface area contributed by atoms with E-state index in [-0.39, 0.29) is 17.3 Å². The Bertz CT molecular complexity index is 1180. The van der Waals surface area contributed by atoms with Crippen molar-refractivity contribution in [2.45, 2.75) is 64.1 Å². The van der Waals surface area contributed by atoms with Crippen LogP contribution in [-0.2, 0) is 15.9 Å². The lowest BCUT2D eigenvalue weighted by atomic mass is 9.94. The molecule has 196 valence electrons. The topological polar surface area (TPSA) is 18.5 Å². The third kappa shape index (κ3) is 6.71. The third-order valence-corrected chi connectivity index (χ3v) is 7.05. The van der Waals surface area contributed by atoms with E-state index < -0.39 is 17.9 Å². The van der Waals surface area contributed by atoms with Crippen molar-refractivity contribution in [2.75, 3.05) is 13.2 Å². The van der Waals surface area contributed by atoms with Crippen molar-refractivity contribution < 1.29 is 22.6 Å². The molecule has 2 nitrogen and oxygen atoms in total. The summed E-state index contributed by atoms with van der Waals surface area (Å²) in [6, 6.07) is 15.3. The molecule has 0 aliphatic carbocycles. The van der Waals surface area contributed by atoms with Gasteiger partial charge in [0.25, 0.3) is 0 Å². The highest BCUT2D eigenvalue weighted by atomic mass is 19.2. The first-order valence-electron chi connectivity index (χ1n) is 13.2. The van der Waals surface area contributed by atoms with Gasteiger partial charge in [-0.2, -0.15) is 0 Å². The first kappa shape index (κ1) is 27.2. The van der Waals surface area contributed by atoms with Gasteiger partial charge in [-0.05, 0) is 47.2 Å². The molecule has 3 aromatic carbocycles. The van der Waals surface area contributed by atoms with Gasteiger partial charge in [0.15, 0.2) is 17.9 Å². The summed E-state index contributed by atoms with van der Waals surface area (Å²) in [4.78, 5) is 0. The molecule has 1 aliphatic heterocycles. The van der Waals surface area contributed by atoms with Crippen molar-refractivity contribution >= 4 is 0 Å². The molecule has 1 saturated heterocycles. The lowest BCUT2D eigenvalue weighted by Crippen LogP contribution is -2.29. The highest BCUT2D eigenvalue weighted by molar-refractivity contribution is 5.71. The largest absolute Gasteiger partial charge is 0.348 e. The van der Waals surface area contributed by atoms with Crippen LogP contribution in [0.15, 0.2) is 67.3 Å². The van der Waals surface area contributed by atoms with Crippen LogP contribution in [0.4, 0.5) is 13.2 Å². The Morgan fingerprint density at radius 3 is 2.05 bits per heavy atom. The quantitative estimate of drug-likeness (QED) is 0.190. The van der Waals surface area contributed by atoms with Crippen LogP contribution in [0.5, 0.6) is 0 Å². The van der Waals surface area contributed by atoms with E-state index in [1.807, 2.05) is 6.07 Å². The molecule has 0 unspecified atom stereocenters. The zero-order valence-corrected chi connectivity index (χ0v) is 21.4. The summed E-state index contributed by atoms with van der Waals surface area (Å²) in [6.07, 6.45) is 8.32. The molecule has 0 saturated carbocycles. The molecule has 0 radical (unpaired) electrons. The number of rotatable bonds is 11. The molecular formula is C32H35F3O2. The Hall–Kier alpha value is -2.89. The number of halogens is 3. The van der Waals surface area contributed by atoms with E-state index in [1.54, 1.807) is 48.5 Å². The predicted molar refractivity (Wildman–Crippen MR) is 143 cm³/mol. The van der Waals surface area contributed by atoms with Crippen LogP contribution in [-0.4, -0.2) is 19.5 Å². The van der Waals surface area contributed by atoms with E-state index in [4.69, 9.17) is 9.47 Å². The molecule has 0 N–H and O–H groups in total. The van der Waals surface area contributed by atoms with Crippen molar-refractivity contribution in [3.05, 3.63) is 95.8 Å². The van der Waals surface area contributed by atoms with Crippen LogP contribution in [0, 0.1) is 17.5 Å². The van der Waals surface area contributed by atoms with E-state index in [0.29, 0.717) is 41.9 Å². The molecule has 1 heterocycles. The van der Waals surface area contributed by atoms with Gasteiger partial charge in [0.1, 0.15) is 5.82 Å². The molecule has 37 heavy (non-hydrogen) atoms. The average Bonchev–Trinajstić information content (AvgIpc) is 2.93. The van der Waals surface area contributed by atoms with Crippen molar-refractivity contribution in [1.29, 1.82) is 0 Å². The van der Waals surface area contributed by atoms with Gasteiger partial charge >= 0.3 is 0 Å². The van der Waals surface area contributed by atoms with Gasteiger partial charge in [-0.25, -0.2) is 13.2 Å². The Morgan fingerprint density at radius 1 is 0.784 bits per heavy atom. The van der Waals surface area contributed by atoms with E-state index in [2.05, 4.69) is 13.5 Å². The molecule has 0 spiro atoms. The van der Waals surface area contributed by atoms with Crippen LogP contribution in [0.2, 0.25) is 0 Å². The monoisotopic (exact) mass is 508 g/mol. The van der Waals surface area contributed by atoms with E-state index in [1.165, 1.54) is 25.3 Å². The molecule has 1 aliphatic rings. The second-order valence-corrected chi connectivity index (χ2v) is 9.70. The number of ether oxygens (including phenoxy) is 2. The lowest BCUT2D eigenvalue weighted by molar-refractivity contribution is -0.159. The maximum absolute atomic E-state index is 15.0. The first-order chi connectivity index (χ1) is 18.0. The Morgan fingerprint density at radius 2 is 1.41 bits per heavy atom. The third-order valence-electron chi connectivity index (χ3n) is 7.05. The van der Waals surface area contributed by atoms with Crippen molar-refractivity contribution in [1.82, 2.24) is 0 Å². The molecule has 0 atom stereocenters. The predicted octanol–water partition coefficient (Wildman–Crippen LogP) is 8.98. The van der Waals surface area contributed by atoms with Crippen molar-refractivity contribution in [3.63, 3.8) is 0 Å². The minimum absolute atomic E-state index is 0.0518. The van der Waals surface area contributed by atoms with E-state index in [0.717, 1.165) is 24.8 Å². The minimum Gasteiger partial charge on any atom is -0.348 e. The van der Waals surface area contributed by atoms with Gasteiger partial charge < -0.3 is 9.47 Å². The number of aryl methyl sites for hydroxylation is 1. The zero-order valence-electron chi connectivity index (χ0n) is 21.4. The van der Waals surface area contributed by atoms with Crippen molar-refractivity contribution in [2.24, 2.45) is 0 Å². The van der Waals surface area contributed by atoms with E-state index >= 15 is 0 Å². The van der Waals surface area contributed by atoms with Gasteiger partial charge in [0.2, 0.25) is 0 Å². The fourth-order valence-electron chi connectivity index (χ4n) is 4.80. The highest BCUT2D eigenvalue weighted by Crippen LogP contribution is 2.32. The SMILES string of the molecule is C=CC1OCC(c2ccc(-c3ccc(-c4ccc(CCCCCCCC)c(F)c4F)cc3)c(F)c2)CO1. The second kappa shape index (κ2) is 13.1. The summed E-state index contributed by atoms with van der Waals surface area (Å²) in [5.74, 6) is -2.01. The van der Waals surface area contributed by atoms with Gasteiger partial charge in [0.05, 0.1) is 13.2 Å². The molecule has 0 aromatic heterocycles. The number of hydrogen-bond donors (Lipinski definition) is 0. The number of benzene rings is 3. The number of unbranched alkanes of at least 4 members (excludes halogenated alkanes) is 5. The smallest absolute Gasteiger partial charge is 0.176 e. The van der Waals surface area contributed by atoms with Crippen LogP contribution in [0.25, 0.3) is 22.3 Å². The maximum atomic E-state index is 15.0. The summed E-state index contributed by atoms with van der Waals surface area (Å²) < 4.78 is 55.8. The fourth-order valence-corrected chi connectivity index (χ4v) is 4.80. The van der Waals surface area contributed by atoms with Crippen LogP contribution >= 0.6 is 0 Å². The maximum Gasteiger partial charge on any atom is 0.176 e. The minimum atomic E-state index is -0.831. The van der Waals surface area contributed by atoms with Crippen molar-refractivity contribution in [3.8, 4) is 22.3 Å². The molecular weight excluding hydrogens is 473 g/mol. The van der Waals surface area contributed by atoms with Gasteiger partial charge in [-0.3, -0.25) is 0 Å². The zero-order chi connectivity index (χ0) is 26.2. The van der Waals surface area contributed by atoms with E-state index in [9.17, 15) is 13.2 Å².